The van der Waals surface area contributed by atoms with Crippen LogP contribution in [0.1, 0.15) is 25.7 Å². The van der Waals surface area contributed by atoms with Gasteiger partial charge in [-0.15, -0.1) is 11.6 Å². The molecule has 2 aliphatic carbocycles. The standard InChI is InChI=1S/C8H13Cl/c9-5-8-4-6-1-2-7(8)3-6/h6-8H,1-5H2/t6-,7+,8-/m0/s1. The zero-order chi connectivity index (χ0) is 6.27. The molecular formula is C8H13Cl. The summed E-state index contributed by atoms with van der Waals surface area (Å²) in [7, 11) is 0. The molecule has 2 rings (SSSR count). The van der Waals surface area contributed by atoms with Gasteiger partial charge < -0.3 is 0 Å². The Hall–Kier alpha value is 0.290. The Balaban J connectivity index is 2.01. The van der Waals surface area contributed by atoms with Crippen molar-refractivity contribution in [3.8, 4) is 0 Å². The van der Waals surface area contributed by atoms with Crippen molar-refractivity contribution in [2.75, 3.05) is 5.88 Å². The molecule has 2 saturated carbocycles. The topological polar surface area (TPSA) is 0 Å². The highest BCUT2D eigenvalue weighted by molar-refractivity contribution is 6.18. The summed E-state index contributed by atoms with van der Waals surface area (Å²) in [5.74, 6) is 3.90. The fourth-order valence-electron chi connectivity index (χ4n) is 2.57. The SMILES string of the molecule is ClC[C@@H]1C[C@H]2CC[C@@H]1C2. The van der Waals surface area contributed by atoms with Crippen molar-refractivity contribution in [3.63, 3.8) is 0 Å². The second-order valence-corrected chi connectivity index (χ2v) is 3.90. The van der Waals surface area contributed by atoms with E-state index in [2.05, 4.69) is 0 Å². The molecular weight excluding hydrogens is 132 g/mol. The van der Waals surface area contributed by atoms with E-state index in [4.69, 9.17) is 11.6 Å². The Labute approximate surface area is 61.6 Å². The quantitative estimate of drug-likeness (QED) is 0.497. The molecule has 9 heavy (non-hydrogen) atoms. The van der Waals surface area contributed by atoms with Crippen molar-refractivity contribution in [2.45, 2.75) is 25.7 Å². The highest BCUT2D eigenvalue weighted by Crippen LogP contribution is 2.48. The molecule has 3 atom stereocenters. The van der Waals surface area contributed by atoms with E-state index in [1.165, 1.54) is 25.7 Å². The molecule has 2 bridgehead atoms. The van der Waals surface area contributed by atoms with Gasteiger partial charge >= 0.3 is 0 Å². The molecule has 0 aromatic carbocycles. The van der Waals surface area contributed by atoms with Gasteiger partial charge in [0.25, 0.3) is 0 Å². The van der Waals surface area contributed by atoms with E-state index in [9.17, 15) is 0 Å². The average molecular weight is 145 g/mol. The molecule has 2 aliphatic rings. The molecule has 0 N–H and O–H groups in total. The summed E-state index contributed by atoms with van der Waals surface area (Å²) in [4.78, 5) is 0. The van der Waals surface area contributed by atoms with E-state index >= 15 is 0 Å². The molecule has 0 radical (unpaired) electrons. The van der Waals surface area contributed by atoms with Crippen LogP contribution in [0.25, 0.3) is 0 Å². The van der Waals surface area contributed by atoms with Crippen molar-refractivity contribution >= 4 is 11.6 Å². The van der Waals surface area contributed by atoms with Crippen molar-refractivity contribution < 1.29 is 0 Å². The van der Waals surface area contributed by atoms with Crippen molar-refractivity contribution in [3.05, 3.63) is 0 Å². The van der Waals surface area contributed by atoms with Crippen LogP contribution in [-0.4, -0.2) is 5.88 Å². The van der Waals surface area contributed by atoms with Crippen LogP contribution in [0, 0.1) is 17.8 Å². The van der Waals surface area contributed by atoms with E-state index in [0.29, 0.717) is 0 Å². The Morgan fingerprint density at radius 3 is 2.44 bits per heavy atom. The first kappa shape index (κ1) is 6.03. The molecule has 0 aliphatic heterocycles. The summed E-state index contributed by atoms with van der Waals surface area (Å²) >= 11 is 5.80. The number of halogens is 1. The van der Waals surface area contributed by atoms with Gasteiger partial charge in [0.15, 0.2) is 0 Å². The van der Waals surface area contributed by atoms with Gasteiger partial charge in [-0.2, -0.15) is 0 Å². The number of hydrogen-bond acceptors (Lipinski definition) is 0. The van der Waals surface area contributed by atoms with Crippen molar-refractivity contribution in [1.29, 1.82) is 0 Å². The molecule has 1 heteroatoms. The molecule has 2 fully saturated rings. The fraction of sp³-hybridized carbons (Fsp3) is 1.00. The zero-order valence-corrected chi connectivity index (χ0v) is 6.40. The van der Waals surface area contributed by atoms with E-state index in [-0.39, 0.29) is 0 Å². The van der Waals surface area contributed by atoms with E-state index in [1.807, 2.05) is 0 Å². The summed E-state index contributed by atoms with van der Waals surface area (Å²) in [5.41, 5.74) is 0. The summed E-state index contributed by atoms with van der Waals surface area (Å²) in [6.45, 7) is 0. The highest BCUT2D eigenvalue weighted by atomic mass is 35.5. The van der Waals surface area contributed by atoms with Crippen LogP contribution < -0.4 is 0 Å². The monoisotopic (exact) mass is 144 g/mol. The minimum Gasteiger partial charge on any atom is -0.126 e. The van der Waals surface area contributed by atoms with E-state index in [1.54, 1.807) is 0 Å². The average Bonchev–Trinajstić information content (AvgIpc) is 2.45. The van der Waals surface area contributed by atoms with E-state index in [0.717, 1.165) is 23.6 Å². The van der Waals surface area contributed by atoms with Gasteiger partial charge in [0.1, 0.15) is 0 Å². The second kappa shape index (κ2) is 2.16. The largest absolute Gasteiger partial charge is 0.126 e. The van der Waals surface area contributed by atoms with Crippen molar-refractivity contribution in [1.82, 2.24) is 0 Å². The molecule has 52 valence electrons. The lowest BCUT2D eigenvalue weighted by atomic mass is 9.90. The third-order valence-corrected chi connectivity index (χ3v) is 3.48. The van der Waals surface area contributed by atoms with Crippen LogP contribution >= 0.6 is 11.6 Å². The molecule has 0 heterocycles. The van der Waals surface area contributed by atoms with E-state index < -0.39 is 0 Å². The Bertz CT molecular complexity index is 111. The first-order valence-corrected chi connectivity index (χ1v) is 4.49. The Kier molecular flexibility index (Phi) is 1.45. The molecule has 0 unspecified atom stereocenters. The normalized spacial score (nSPS) is 48.3. The molecule has 0 saturated heterocycles. The zero-order valence-electron chi connectivity index (χ0n) is 5.65. The second-order valence-electron chi connectivity index (χ2n) is 3.59. The van der Waals surface area contributed by atoms with Crippen LogP contribution in [0.2, 0.25) is 0 Å². The number of rotatable bonds is 1. The first-order chi connectivity index (χ1) is 4.40. The van der Waals surface area contributed by atoms with Gasteiger partial charge in [0, 0.05) is 5.88 Å². The predicted molar refractivity (Wildman–Crippen MR) is 39.7 cm³/mol. The summed E-state index contributed by atoms with van der Waals surface area (Å²) in [6, 6.07) is 0. The van der Waals surface area contributed by atoms with Crippen LogP contribution in [0.5, 0.6) is 0 Å². The lowest BCUT2D eigenvalue weighted by molar-refractivity contribution is 0.364. The minimum absolute atomic E-state index is 0.894. The maximum Gasteiger partial charge on any atom is 0.0254 e. The number of fused-ring (bicyclic) bond motifs is 2. The van der Waals surface area contributed by atoms with Gasteiger partial charge in [-0.05, 0) is 37.0 Å². The van der Waals surface area contributed by atoms with Crippen LogP contribution in [0.15, 0.2) is 0 Å². The summed E-state index contributed by atoms with van der Waals surface area (Å²) < 4.78 is 0. The number of hydrogen-bond donors (Lipinski definition) is 0. The van der Waals surface area contributed by atoms with Crippen LogP contribution in [0.3, 0.4) is 0 Å². The van der Waals surface area contributed by atoms with Crippen LogP contribution in [-0.2, 0) is 0 Å². The lowest BCUT2D eigenvalue weighted by Crippen LogP contribution is -2.11. The molecule has 0 amide bonds. The fourth-order valence-corrected chi connectivity index (χ4v) is 2.94. The summed E-state index contributed by atoms with van der Waals surface area (Å²) in [6.07, 6.45) is 5.91. The Morgan fingerprint density at radius 1 is 1.22 bits per heavy atom. The number of alkyl halides is 1. The smallest absolute Gasteiger partial charge is 0.0254 e. The van der Waals surface area contributed by atoms with Crippen molar-refractivity contribution in [2.24, 2.45) is 17.8 Å². The van der Waals surface area contributed by atoms with Crippen LogP contribution in [0.4, 0.5) is 0 Å². The molecule has 0 aromatic heterocycles. The molecule has 0 aromatic rings. The Morgan fingerprint density at radius 2 is 2.11 bits per heavy atom. The first-order valence-electron chi connectivity index (χ1n) is 3.96. The third kappa shape index (κ3) is 0.881. The highest BCUT2D eigenvalue weighted by Gasteiger charge is 2.38. The summed E-state index contributed by atoms with van der Waals surface area (Å²) in [5, 5.41) is 0. The third-order valence-electron chi connectivity index (χ3n) is 3.08. The lowest BCUT2D eigenvalue weighted by Gasteiger charge is -2.17. The van der Waals surface area contributed by atoms with Gasteiger partial charge in [-0.3, -0.25) is 0 Å². The maximum absolute atomic E-state index is 5.80. The minimum atomic E-state index is 0.894. The molecule has 0 nitrogen and oxygen atoms in total. The van der Waals surface area contributed by atoms with Gasteiger partial charge in [0.2, 0.25) is 0 Å². The predicted octanol–water partition coefficient (Wildman–Crippen LogP) is 2.66. The van der Waals surface area contributed by atoms with Gasteiger partial charge in [0.05, 0.1) is 0 Å². The molecule has 0 spiro atoms. The van der Waals surface area contributed by atoms with Gasteiger partial charge in [-0.1, -0.05) is 6.42 Å². The maximum atomic E-state index is 5.80. The van der Waals surface area contributed by atoms with Gasteiger partial charge in [-0.25, -0.2) is 0 Å².